The zero-order valence-corrected chi connectivity index (χ0v) is 11.1. The molecule has 0 aliphatic carbocycles. The molecule has 2 fully saturated rings. The van der Waals surface area contributed by atoms with Gasteiger partial charge in [0.05, 0.1) is 24.6 Å². The number of nitrogens with zero attached hydrogens (tertiary/aromatic N) is 1. The van der Waals surface area contributed by atoms with Gasteiger partial charge in [0.15, 0.2) is 9.84 Å². The molecular weight excluding hydrogens is 276 g/mol. The van der Waals surface area contributed by atoms with Crippen LogP contribution in [-0.4, -0.2) is 73.8 Å². The molecule has 2 aliphatic rings. The molecule has 0 aromatic rings. The van der Waals surface area contributed by atoms with Crippen molar-refractivity contribution in [2.75, 3.05) is 31.1 Å². The average molecular weight is 292 g/mol. The summed E-state index contributed by atoms with van der Waals surface area (Å²) in [6, 6.07) is -0.319. The molecule has 0 bridgehead atoms. The Hall–Kier alpha value is -1.35. The first-order chi connectivity index (χ1) is 8.85. The van der Waals surface area contributed by atoms with Gasteiger partial charge in [0.2, 0.25) is 0 Å². The Kier molecular flexibility index (Phi) is 3.95. The Morgan fingerprint density at radius 3 is 2.74 bits per heavy atom. The monoisotopic (exact) mass is 292 g/mol. The molecule has 0 aromatic carbocycles. The highest BCUT2D eigenvalue weighted by Crippen LogP contribution is 2.18. The molecule has 108 valence electrons. The minimum atomic E-state index is -3.08. The number of ether oxygens (including phenoxy) is 1. The van der Waals surface area contributed by atoms with Gasteiger partial charge in [0, 0.05) is 12.6 Å². The Labute approximate surface area is 110 Å². The number of sulfone groups is 1. The van der Waals surface area contributed by atoms with E-state index in [0.29, 0.717) is 13.0 Å². The second kappa shape index (κ2) is 5.33. The van der Waals surface area contributed by atoms with Crippen molar-refractivity contribution in [1.82, 2.24) is 10.2 Å². The van der Waals surface area contributed by atoms with Gasteiger partial charge < -0.3 is 15.2 Å². The highest BCUT2D eigenvalue weighted by atomic mass is 32.2. The lowest BCUT2D eigenvalue weighted by Gasteiger charge is -2.27. The molecule has 0 saturated carbocycles. The Balaban J connectivity index is 1.99. The molecule has 0 spiro atoms. The normalized spacial score (nSPS) is 29.2. The summed E-state index contributed by atoms with van der Waals surface area (Å²) in [5, 5.41) is 11.4. The van der Waals surface area contributed by atoms with Gasteiger partial charge in [-0.05, 0) is 6.42 Å². The summed E-state index contributed by atoms with van der Waals surface area (Å²) in [7, 11) is -3.08. The van der Waals surface area contributed by atoms with Gasteiger partial charge in [0.25, 0.3) is 0 Å². The fraction of sp³-hybridized carbons (Fsp3) is 0.800. The molecule has 0 radical (unpaired) electrons. The minimum absolute atomic E-state index is 0.0334. The number of carbonyl (C=O) groups excluding carboxylic acids is 1. The molecule has 2 rings (SSSR count). The van der Waals surface area contributed by atoms with Gasteiger partial charge in [-0.1, -0.05) is 0 Å². The molecule has 8 nitrogen and oxygen atoms in total. The van der Waals surface area contributed by atoms with Crippen molar-refractivity contribution in [2.24, 2.45) is 0 Å². The molecule has 19 heavy (non-hydrogen) atoms. The number of cyclic esters (lactones) is 1. The lowest BCUT2D eigenvalue weighted by Crippen LogP contribution is -2.45. The number of carboxylic acids is 1. The maximum absolute atomic E-state index is 11.4. The third-order valence-corrected chi connectivity index (χ3v) is 5.00. The van der Waals surface area contributed by atoms with Gasteiger partial charge in [-0.3, -0.25) is 9.69 Å². The largest absolute Gasteiger partial charge is 0.480 e. The third-order valence-electron chi connectivity index (χ3n) is 3.25. The van der Waals surface area contributed by atoms with E-state index in [9.17, 15) is 18.0 Å². The Bertz CT molecular complexity index is 476. The summed E-state index contributed by atoms with van der Waals surface area (Å²) < 4.78 is 27.8. The highest BCUT2D eigenvalue weighted by molar-refractivity contribution is 7.91. The molecule has 2 aliphatic heterocycles. The average Bonchev–Trinajstić information content (AvgIpc) is 2.83. The van der Waals surface area contributed by atoms with Crippen molar-refractivity contribution in [3.8, 4) is 0 Å². The Morgan fingerprint density at radius 2 is 2.26 bits per heavy atom. The third kappa shape index (κ3) is 3.80. The maximum Gasteiger partial charge on any atom is 0.407 e. The molecule has 2 heterocycles. The summed E-state index contributed by atoms with van der Waals surface area (Å²) in [5.41, 5.74) is 0. The van der Waals surface area contributed by atoms with E-state index in [1.807, 2.05) is 0 Å². The van der Waals surface area contributed by atoms with E-state index in [1.54, 1.807) is 4.90 Å². The van der Waals surface area contributed by atoms with E-state index in [2.05, 4.69) is 5.32 Å². The van der Waals surface area contributed by atoms with Crippen molar-refractivity contribution in [3.63, 3.8) is 0 Å². The molecule has 2 N–H and O–H groups in total. The van der Waals surface area contributed by atoms with Gasteiger partial charge in [-0.2, -0.15) is 0 Å². The fourth-order valence-electron chi connectivity index (χ4n) is 2.38. The van der Waals surface area contributed by atoms with Gasteiger partial charge in [-0.15, -0.1) is 0 Å². The lowest BCUT2D eigenvalue weighted by atomic mass is 10.2. The van der Waals surface area contributed by atoms with Crippen LogP contribution in [0.15, 0.2) is 0 Å². The zero-order valence-electron chi connectivity index (χ0n) is 10.2. The topological polar surface area (TPSA) is 113 Å². The molecular formula is C10H16N2O6S. The van der Waals surface area contributed by atoms with E-state index < -0.39 is 28.0 Å². The molecule has 1 amide bonds. The van der Waals surface area contributed by atoms with Crippen LogP contribution in [0.3, 0.4) is 0 Å². The molecule has 2 unspecified atom stereocenters. The number of alkyl carbamates (subject to hydrolysis) is 1. The van der Waals surface area contributed by atoms with Crippen LogP contribution in [0.1, 0.15) is 6.42 Å². The summed E-state index contributed by atoms with van der Waals surface area (Å²) in [6.45, 7) is 0.286. The van der Waals surface area contributed by atoms with Crippen LogP contribution in [0.4, 0.5) is 4.79 Å². The van der Waals surface area contributed by atoms with Crippen LogP contribution in [0.25, 0.3) is 0 Å². The summed E-state index contributed by atoms with van der Waals surface area (Å²) in [4.78, 5) is 23.3. The van der Waals surface area contributed by atoms with Crippen molar-refractivity contribution >= 4 is 21.9 Å². The van der Waals surface area contributed by atoms with Crippen molar-refractivity contribution in [1.29, 1.82) is 0 Å². The van der Waals surface area contributed by atoms with E-state index in [1.165, 1.54) is 0 Å². The minimum Gasteiger partial charge on any atom is -0.480 e. The number of carboxylic acid groups (broad SMARTS) is 1. The van der Waals surface area contributed by atoms with Crippen molar-refractivity contribution in [2.45, 2.75) is 18.6 Å². The smallest absolute Gasteiger partial charge is 0.407 e. The molecule has 2 atom stereocenters. The number of carbonyl (C=O) groups is 2. The molecule has 9 heteroatoms. The van der Waals surface area contributed by atoms with Crippen LogP contribution in [0, 0.1) is 0 Å². The van der Waals surface area contributed by atoms with Crippen molar-refractivity contribution < 1.29 is 27.9 Å². The first-order valence-corrected chi connectivity index (χ1v) is 7.78. The first kappa shape index (κ1) is 14.1. The number of hydrogen-bond donors (Lipinski definition) is 2. The summed E-state index contributed by atoms with van der Waals surface area (Å²) >= 11 is 0. The standard InChI is InChI=1S/C10H16N2O6S/c13-9(14)5-12(4-8-3-11-10(15)18-8)7-1-2-19(16,17)6-7/h7-8H,1-6H2,(H,11,15)(H,13,14). The number of hydrogen-bond acceptors (Lipinski definition) is 6. The first-order valence-electron chi connectivity index (χ1n) is 5.96. The van der Waals surface area contributed by atoms with Crippen LogP contribution in [-0.2, 0) is 19.4 Å². The van der Waals surface area contributed by atoms with Gasteiger partial charge in [-0.25, -0.2) is 13.2 Å². The summed E-state index contributed by atoms with van der Waals surface area (Å²) in [5.74, 6) is -0.980. The number of rotatable bonds is 5. The van der Waals surface area contributed by atoms with E-state index >= 15 is 0 Å². The number of amides is 1. The second-order valence-electron chi connectivity index (χ2n) is 4.79. The lowest BCUT2D eigenvalue weighted by molar-refractivity contribution is -0.139. The van der Waals surface area contributed by atoms with Gasteiger partial charge in [0.1, 0.15) is 6.10 Å². The van der Waals surface area contributed by atoms with E-state index in [4.69, 9.17) is 9.84 Å². The van der Waals surface area contributed by atoms with E-state index in [-0.39, 0.29) is 30.6 Å². The molecule has 2 saturated heterocycles. The summed E-state index contributed by atoms with van der Waals surface area (Å²) in [6.07, 6.45) is -0.543. The number of nitrogens with one attached hydrogen (secondary N) is 1. The van der Waals surface area contributed by atoms with Gasteiger partial charge >= 0.3 is 12.1 Å². The second-order valence-corrected chi connectivity index (χ2v) is 7.02. The van der Waals surface area contributed by atoms with Crippen LogP contribution < -0.4 is 5.32 Å². The quantitative estimate of drug-likeness (QED) is 0.645. The predicted octanol–water partition coefficient (Wildman–Crippen LogP) is -1.33. The maximum atomic E-state index is 11.4. The van der Waals surface area contributed by atoms with Crippen LogP contribution in [0.5, 0.6) is 0 Å². The Morgan fingerprint density at radius 1 is 1.53 bits per heavy atom. The number of aliphatic carboxylic acids is 1. The SMILES string of the molecule is O=C(O)CN(CC1CNC(=O)O1)C1CCS(=O)(=O)C1. The fourth-order valence-corrected chi connectivity index (χ4v) is 4.14. The van der Waals surface area contributed by atoms with Crippen LogP contribution in [0.2, 0.25) is 0 Å². The zero-order chi connectivity index (χ0) is 14.0. The van der Waals surface area contributed by atoms with Crippen LogP contribution >= 0.6 is 0 Å². The predicted molar refractivity (Wildman–Crippen MR) is 64.5 cm³/mol. The van der Waals surface area contributed by atoms with E-state index in [0.717, 1.165) is 0 Å². The van der Waals surface area contributed by atoms with Crippen molar-refractivity contribution in [3.05, 3.63) is 0 Å². The highest BCUT2D eigenvalue weighted by Gasteiger charge is 2.35. The molecule has 0 aromatic heterocycles.